The molecule has 1 fully saturated rings. The van der Waals surface area contributed by atoms with E-state index in [0.717, 1.165) is 12.8 Å². The quantitative estimate of drug-likeness (QED) is 0.891. The lowest BCUT2D eigenvalue weighted by atomic mass is 9.62. The highest BCUT2D eigenvalue weighted by Gasteiger charge is 2.44. The molecule has 0 spiro atoms. The number of ether oxygens (including phenoxy) is 1. The molecule has 1 aromatic carbocycles. The molecule has 0 atom stereocenters. The molecule has 0 saturated heterocycles. The highest BCUT2D eigenvalue weighted by Crippen LogP contribution is 2.42. The predicted octanol–water partition coefficient (Wildman–Crippen LogP) is 2.57. The maximum absolute atomic E-state index is 11.8. The van der Waals surface area contributed by atoms with Crippen LogP contribution >= 0.6 is 0 Å². The molecular formula is C16H24N2O2. The van der Waals surface area contributed by atoms with Gasteiger partial charge < -0.3 is 15.8 Å². The van der Waals surface area contributed by atoms with Crippen LogP contribution in [-0.2, 0) is 10.2 Å². The van der Waals surface area contributed by atoms with Crippen LogP contribution in [0.4, 0.5) is 4.79 Å². The second kappa shape index (κ2) is 5.44. The van der Waals surface area contributed by atoms with Gasteiger partial charge in [-0.05, 0) is 39.2 Å². The van der Waals surface area contributed by atoms with Crippen molar-refractivity contribution in [1.29, 1.82) is 0 Å². The number of nitrogens with one attached hydrogen (secondary N) is 1. The summed E-state index contributed by atoms with van der Waals surface area (Å²) in [6, 6.07) is 10.5. The first-order valence-electron chi connectivity index (χ1n) is 7.09. The molecule has 0 bridgehead atoms. The summed E-state index contributed by atoms with van der Waals surface area (Å²) < 4.78 is 5.28. The third-order valence-corrected chi connectivity index (χ3v) is 3.66. The van der Waals surface area contributed by atoms with Crippen LogP contribution < -0.4 is 11.1 Å². The minimum atomic E-state index is -0.472. The van der Waals surface area contributed by atoms with E-state index in [1.54, 1.807) is 0 Å². The third kappa shape index (κ3) is 3.51. The van der Waals surface area contributed by atoms with E-state index in [-0.39, 0.29) is 17.6 Å². The lowest BCUT2D eigenvalue weighted by Gasteiger charge is -2.47. The number of amides is 1. The van der Waals surface area contributed by atoms with E-state index in [0.29, 0.717) is 6.54 Å². The van der Waals surface area contributed by atoms with Crippen molar-refractivity contribution in [3.05, 3.63) is 35.9 Å². The van der Waals surface area contributed by atoms with Crippen molar-refractivity contribution < 1.29 is 9.53 Å². The molecule has 1 amide bonds. The minimum absolute atomic E-state index is 0.0441. The number of benzene rings is 1. The van der Waals surface area contributed by atoms with Crippen LogP contribution in [0.5, 0.6) is 0 Å². The van der Waals surface area contributed by atoms with Crippen molar-refractivity contribution in [2.24, 2.45) is 5.73 Å². The molecule has 0 heterocycles. The molecule has 1 saturated carbocycles. The average molecular weight is 276 g/mol. The van der Waals surface area contributed by atoms with E-state index >= 15 is 0 Å². The maximum atomic E-state index is 11.8. The zero-order chi connectivity index (χ0) is 14.8. The Morgan fingerprint density at radius 3 is 2.45 bits per heavy atom. The van der Waals surface area contributed by atoms with E-state index in [4.69, 9.17) is 10.5 Å². The van der Waals surface area contributed by atoms with Gasteiger partial charge in [0.1, 0.15) is 5.60 Å². The molecule has 2 rings (SSSR count). The smallest absolute Gasteiger partial charge is 0.407 e. The number of alkyl carbamates (subject to hydrolysis) is 1. The Hall–Kier alpha value is -1.55. The van der Waals surface area contributed by atoms with Crippen molar-refractivity contribution >= 4 is 6.09 Å². The number of hydrogen-bond donors (Lipinski definition) is 2. The van der Waals surface area contributed by atoms with Gasteiger partial charge in [0.05, 0.1) is 0 Å². The third-order valence-electron chi connectivity index (χ3n) is 3.66. The fraction of sp³-hybridized carbons (Fsp3) is 0.562. The van der Waals surface area contributed by atoms with Gasteiger partial charge in [0.2, 0.25) is 0 Å². The zero-order valence-electron chi connectivity index (χ0n) is 12.5. The SMILES string of the molecule is CC(C)(C)OC(=O)NCC1(c2ccccc2)CC(N)C1. The van der Waals surface area contributed by atoms with Crippen molar-refractivity contribution in [2.45, 2.75) is 50.7 Å². The van der Waals surface area contributed by atoms with Gasteiger partial charge in [-0.2, -0.15) is 0 Å². The van der Waals surface area contributed by atoms with Gasteiger partial charge in [-0.1, -0.05) is 30.3 Å². The lowest BCUT2D eigenvalue weighted by molar-refractivity contribution is 0.0492. The molecule has 110 valence electrons. The average Bonchev–Trinajstić information content (AvgIpc) is 2.32. The van der Waals surface area contributed by atoms with Crippen molar-refractivity contribution in [2.75, 3.05) is 6.54 Å². The molecular weight excluding hydrogens is 252 g/mol. The molecule has 4 heteroatoms. The summed E-state index contributed by atoms with van der Waals surface area (Å²) in [4.78, 5) is 11.8. The largest absolute Gasteiger partial charge is 0.444 e. The van der Waals surface area contributed by atoms with E-state index < -0.39 is 5.60 Å². The van der Waals surface area contributed by atoms with Gasteiger partial charge in [-0.15, -0.1) is 0 Å². The minimum Gasteiger partial charge on any atom is -0.444 e. The first kappa shape index (κ1) is 14.9. The topological polar surface area (TPSA) is 64.3 Å². The summed E-state index contributed by atoms with van der Waals surface area (Å²) in [6.45, 7) is 6.15. The van der Waals surface area contributed by atoms with E-state index in [1.165, 1.54) is 5.56 Å². The van der Waals surface area contributed by atoms with Crippen LogP contribution in [0, 0.1) is 0 Å². The molecule has 0 aliphatic heterocycles. The Morgan fingerprint density at radius 1 is 1.35 bits per heavy atom. The molecule has 0 unspecified atom stereocenters. The highest BCUT2D eigenvalue weighted by atomic mass is 16.6. The molecule has 0 radical (unpaired) electrons. The number of rotatable bonds is 3. The van der Waals surface area contributed by atoms with Crippen molar-refractivity contribution in [1.82, 2.24) is 5.32 Å². The first-order chi connectivity index (χ1) is 9.31. The van der Waals surface area contributed by atoms with Gasteiger partial charge in [0, 0.05) is 18.0 Å². The van der Waals surface area contributed by atoms with Gasteiger partial charge in [-0.25, -0.2) is 4.79 Å². The first-order valence-corrected chi connectivity index (χ1v) is 7.09. The van der Waals surface area contributed by atoms with Crippen LogP contribution in [0.2, 0.25) is 0 Å². The molecule has 1 aliphatic rings. The van der Waals surface area contributed by atoms with Crippen LogP contribution in [0.25, 0.3) is 0 Å². The summed E-state index contributed by atoms with van der Waals surface area (Å²) in [5, 5.41) is 2.88. The number of nitrogens with two attached hydrogens (primary N) is 1. The Kier molecular flexibility index (Phi) is 4.04. The summed E-state index contributed by atoms with van der Waals surface area (Å²) >= 11 is 0. The second-order valence-electron chi connectivity index (χ2n) is 6.67. The Bertz CT molecular complexity index is 459. The Labute approximate surface area is 120 Å². The Morgan fingerprint density at radius 2 is 1.95 bits per heavy atom. The van der Waals surface area contributed by atoms with Gasteiger partial charge in [0.15, 0.2) is 0 Å². The van der Waals surface area contributed by atoms with Gasteiger partial charge >= 0.3 is 6.09 Å². The number of hydrogen-bond acceptors (Lipinski definition) is 3. The molecule has 20 heavy (non-hydrogen) atoms. The molecule has 4 nitrogen and oxygen atoms in total. The van der Waals surface area contributed by atoms with Gasteiger partial charge in [0.25, 0.3) is 0 Å². The number of carbonyl (C=O) groups is 1. The monoisotopic (exact) mass is 276 g/mol. The molecule has 1 aliphatic carbocycles. The highest BCUT2D eigenvalue weighted by molar-refractivity contribution is 5.68. The van der Waals surface area contributed by atoms with Crippen LogP contribution in [0.1, 0.15) is 39.2 Å². The summed E-state index contributed by atoms with van der Waals surface area (Å²) in [6.07, 6.45) is 1.42. The summed E-state index contributed by atoms with van der Waals surface area (Å²) in [5.74, 6) is 0. The predicted molar refractivity (Wildman–Crippen MR) is 79.6 cm³/mol. The summed E-state index contributed by atoms with van der Waals surface area (Å²) in [7, 11) is 0. The van der Waals surface area contributed by atoms with Crippen molar-refractivity contribution in [3.8, 4) is 0 Å². The molecule has 0 aromatic heterocycles. The maximum Gasteiger partial charge on any atom is 0.407 e. The van der Waals surface area contributed by atoms with Crippen LogP contribution in [0.3, 0.4) is 0 Å². The Balaban J connectivity index is 1.99. The molecule has 3 N–H and O–H groups in total. The van der Waals surface area contributed by atoms with E-state index in [2.05, 4.69) is 17.4 Å². The fourth-order valence-electron chi connectivity index (χ4n) is 2.77. The lowest BCUT2D eigenvalue weighted by Crippen LogP contribution is -2.55. The summed E-state index contributed by atoms with van der Waals surface area (Å²) in [5.41, 5.74) is 6.67. The normalized spacial score (nSPS) is 25.7. The van der Waals surface area contributed by atoms with Crippen LogP contribution in [0.15, 0.2) is 30.3 Å². The van der Waals surface area contributed by atoms with E-state index in [1.807, 2.05) is 39.0 Å². The zero-order valence-corrected chi connectivity index (χ0v) is 12.5. The van der Waals surface area contributed by atoms with E-state index in [9.17, 15) is 4.79 Å². The fourth-order valence-corrected chi connectivity index (χ4v) is 2.77. The molecule has 1 aromatic rings. The standard InChI is InChI=1S/C16H24N2O2/c1-15(2,3)20-14(19)18-11-16(9-13(17)10-16)12-7-5-4-6-8-12/h4-8,13H,9-11,17H2,1-3H3,(H,18,19). The second-order valence-corrected chi connectivity index (χ2v) is 6.67. The number of carbonyl (C=O) groups excluding carboxylic acids is 1. The van der Waals surface area contributed by atoms with Crippen molar-refractivity contribution in [3.63, 3.8) is 0 Å². The van der Waals surface area contributed by atoms with Crippen LogP contribution in [-0.4, -0.2) is 24.3 Å². The van der Waals surface area contributed by atoms with Gasteiger partial charge in [-0.3, -0.25) is 0 Å².